The molecule has 4 nitrogen and oxygen atoms in total. The van der Waals surface area contributed by atoms with Crippen LogP contribution in [-0.2, 0) is 11.3 Å². The fraction of sp³-hybridized carbons (Fsp3) is 0.533. The van der Waals surface area contributed by atoms with Crippen LogP contribution >= 0.6 is 0 Å². The van der Waals surface area contributed by atoms with Crippen molar-refractivity contribution in [1.29, 1.82) is 0 Å². The first kappa shape index (κ1) is 13.9. The van der Waals surface area contributed by atoms with Crippen LogP contribution in [0.1, 0.15) is 25.8 Å². The number of carbonyl (C=O) groups is 1. The minimum atomic E-state index is -0.0449. The Morgan fingerprint density at radius 3 is 2.89 bits per heavy atom. The van der Waals surface area contributed by atoms with Gasteiger partial charge in [-0.25, -0.2) is 0 Å². The number of benzene rings is 1. The average molecular weight is 261 g/mol. The van der Waals surface area contributed by atoms with Crippen LogP contribution in [0.25, 0.3) is 0 Å². The van der Waals surface area contributed by atoms with Crippen LogP contribution in [-0.4, -0.2) is 31.6 Å². The molecule has 1 amide bonds. The average Bonchev–Trinajstić information content (AvgIpc) is 2.45. The van der Waals surface area contributed by atoms with Gasteiger partial charge in [-0.3, -0.25) is 4.79 Å². The van der Waals surface area contributed by atoms with Crippen LogP contribution in [0.4, 0.5) is 5.69 Å². The van der Waals surface area contributed by atoms with Crippen molar-refractivity contribution < 1.29 is 4.79 Å². The molecule has 0 aliphatic carbocycles. The van der Waals surface area contributed by atoms with Crippen LogP contribution in [0, 0.1) is 0 Å². The molecule has 2 N–H and O–H groups in total. The molecule has 104 valence electrons. The second kappa shape index (κ2) is 6.57. The first-order valence-electron chi connectivity index (χ1n) is 7.10. The van der Waals surface area contributed by atoms with E-state index in [9.17, 15) is 4.79 Å². The van der Waals surface area contributed by atoms with E-state index in [0.717, 1.165) is 32.6 Å². The van der Waals surface area contributed by atoms with E-state index in [0.29, 0.717) is 0 Å². The Hall–Kier alpha value is -1.55. The third kappa shape index (κ3) is 3.07. The number of rotatable bonds is 5. The number of anilines is 1. The number of hydrogen-bond donors (Lipinski definition) is 2. The van der Waals surface area contributed by atoms with Gasteiger partial charge in [0.2, 0.25) is 5.91 Å². The van der Waals surface area contributed by atoms with Gasteiger partial charge in [0.15, 0.2) is 0 Å². The summed E-state index contributed by atoms with van der Waals surface area (Å²) in [4.78, 5) is 14.2. The summed E-state index contributed by atoms with van der Waals surface area (Å²) >= 11 is 0. The van der Waals surface area contributed by atoms with E-state index in [4.69, 9.17) is 0 Å². The highest BCUT2D eigenvalue weighted by Crippen LogP contribution is 2.24. The molecule has 1 aliphatic rings. The molecule has 1 aromatic carbocycles. The SMILES string of the molecule is CCNCc1ccccc1N1CCNC(=O)C1CC. The first-order valence-corrected chi connectivity index (χ1v) is 7.10. The second-order valence-corrected chi connectivity index (χ2v) is 4.82. The Balaban J connectivity index is 2.26. The van der Waals surface area contributed by atoms with Crippen molar-refractivity contribution in [3.8, 4) is 0 Å². The van der Waals surface area contributed by atoms with Crippen LogP contribution in [0.5, 0.6) is 0 Å². The zero-order valence-corrected chi connectivity index (χ0v) is 11.8. The van der Waals surface area contributed by atoms with Gasteiger partial charge in [-0.15, -0.1) is 0 Å². The van der Waals surface area contributed by atoms with E-state index in [1.54, 1.807) is 0 Å². The van der Waals surface area contributed by atoms with Gasteiger partial charge in [-0.1, -0.05) is 32.0 Å². The van der Waals surface area contributed by atoms with Gasteiger partial charge in [0.1, 0.15) is 6.04 Å². The van der Waals surface area contributed by atoms with Gasteiger partial charge in [0.05, 0.1) is 0 Å². The molecule has 1 atom stereocenters. The monoisotopic (exact) mass is 261 g/mol. The number of nitrogens with zero attached hydrogens (tertiary/aromatic N) is 1. The molecular formula is C15H23N3O. The van der Waals surface area contributed by atoms with E-state index in [1.165, 1.54) is 11.3 Å². The van der Waals surface area contributed by atoms with Gasteiger partial charge in [0.25, 0.3) is 0 Å². The van der Waals surface area contributed by atoms with Gasteiger partial charge >= 0.3 is 0 Å². The van der Waals surface area contributed by atoms with E-state index < -0.39 is 0 Å². The largest absolute Gasteiger partial charge is 0.357 e. The lowest BCUT2D eigenvalue weighted by atomic mass is 10.1. The van der Waals surface area contributed by atoms with Crippen molar-refractivity contribution in [3.05, 3.63) is 29.8 Å². The molecule has 2 rings (SSSR count). The predicted octanol–water partition coefficient (Wildman–Crippen LogP) is 1.51. The van der Waals surface area contributed by atoms with Gasteiger partial charge in [-0.2, -0.15) is 0 Å². The molecule has 1 saturated heterocycles. The molecule has 19 heavy (non-hydrogen) atoms. The van der Waals surface area contributed by atoms with Crippen molar-refractivity contribution >= 4 is 11.6 Å². The van der Waals surface area contributed by atoms with Crippen molar-refractivity contribution in [1.82, 2.24) is 10.6 Å². The molecule has 1 fully saturated rings. The summed E-state index contributed by atoms with van der Waals surface area (Å²) in [5, 5.41) is 6.31. The third-order valence-electron chi connectivity index (χ3n) is 3.58. The molecule has 1 aliphatic heterocycles. The predicted molar refractivity (Wildman–Crippen MR) is 78.3 cm³/mol. The van der Waals surface area contributed by atoms with Crippen LogP contribution in [0.2, 0.25) is 0 Å². The van der Waals surface area contributed by atoms with E-state index in [1.807, 2.05) is 6.07 Å². The molecular weight excluding hydrogens is 238 g/mol. The highest BCUT2D eigenvalue weighted by Gasteiger charge is 2.29. The summed E-state index contributed by atoms with van der Waals surface area (Å²) in [6.07, 6.45) is 0.835. The first-order chi connectivity index (χ1) is 9.27. The zero-order chi connectivity index (χ0) is 13.7. The third-order valence-corrected chi connectivity index (χ3v) is 3.58. The lowest BCUT2D eigenvalue weighted by Crippen LogP contribution is -2.55. The summed E-state index contributed by atoms with van der Waals surface area (Å²) in [6, 6.07) is 8.31. The van der Waals surface area contributed by atoms with Crippen molar-refractivity contribution in [2.75, 3.05) is 24.5 Å². The van der Waals surface area contributed by atoms with Gasteiger partial charge in [-0.05, 0) is 24.6 Å². The molecule has 0 spiro atoms. The Labute approximate surface area is 115 Å². The molecule has 1 heterocycles. The number of piperazine rings is 1. The summed E-state index contributed by atoms with van der Waals surface area (Å²) < 4.78 is 0. The number of nitrogens with one attached hydrogen (secondary N) is 2. The standard InChI is InChI=1S/C15H23N3O/c1-3-13-15(19)17-9-10-18(13)14-8-6-5-7-12(14)11-16-4-2/h5-8,13,16H,3-4,9-11H2,1-2H3,(H,17,19). The topological polar surface area (TPSA) is 44.4 Å². The van der Waals surface area contributed by atoms with Gasteiger partial charge in [0, 0.05) is 25.3 Å². The molecule has 4 heteroatoms. The summed E-state index contributed by atoms with van der Waals surface area (Å²) in [5.74, 6) is 0.145. The Kier molecular flexibility index (Phi) is 4.80. The van der Waals surface area contributed by atoms with Crippen molar-refractivity contribution in [3.63, 3.8) is 0 Å². The minimum Gasteiger partial charge on any atom is -0.357 e. The smallest absolute Gasteiger partial charge is 0.242 e. The lowest BCUT2D eigenvalue weighted by molar-refractivity contribution is -0.123. The molecule has 1 aromatic rings. The van der Waals surface area contributed by atoms with Crippen LogP contribution < -0.4 is 15.5 Å². The van der Waals surface area contributed by atoms with Crippen molar-refractivity contribution in [2.24, 2.45) is 0 Å². The van der Waals surface area contributed by atoms with Crippen molar-refractivity contribution in [2.45, 2.75) is 32.9 Å². The summed E-state index contributed by atoms with van der Waals surface area (Å²) in [7, 11) is 0. The molecule has 0 saturated carbocycles. The Morgan fingerprint density at radius 1 is 1.37 bits per heavy atom. The van der Waals surface area contributed by atoms with Gasteiger partial charge < -0.3 is 15.5 Å². The lowest BCUT2D eigenvalue weighted by Gasteiger charge is -2.37. The highest BCUT2D eigenvalue weighted by molar-refractivity contribution is 5.86. The summed E-state index contributed by atoms with van der Waals surface area (Å²) in [5.41, 5.74) is 2.45. The maximum absolute atomic E-state index is 12.0. The van der Waals surface area contributed by atoms with E-state index >= 15 is 0 Å². The fourth-order valence-electron chi connectivity index (χ4n) is 2.61. The number of hydrogen-bond acceptors (Lipinski definition) is 3. The van der Waals surface area contributed by atoms with E-state index in [2.05, 4.69) is 47.6 Å². The van der Waals surface area contributed by atoms with Crippen LogP contribution in [0.15, 0.2) is 24.3 Å². The maximum atomic E-state index is 12.0. The number of carbonyl (C=O) groups excluding carboxylic acids is 1. The molecule has 0 radical (unpaired) electrons. The Morgan fingerprint density at radius 2 is 2.16 bits per heavy atom. The van der Waals surface area contributed by atoms with E-state index in [-0.39, 0.29) is 11.9 Å². The zero-order valence-electron chi connectivity index (χ0n) is 11.8. The maximum Gasteiger partial charge on any atom is 0.242 e. The molecule has 0 aromatic heterocycles. The molecule has 0 bridgehead atoms. The summed E-state index contributed by atoms with van der Waals surface area (Å²) in [6.45, 7) is 7.58. The fourth-order valence-corrected chi connectivity index (χ4v) is 2.61. The number of para-hydroxylation sites is 1. The number of amides is 1. The van der Waals surface area contributed by atoms with Crippen LogP contribution in [0.3, 0.4) is 0 Å². The Bertz CT molecular complexity index is 433. The quantitative estimate of drug-likeness (QED) is 0.844. The molecule has 1 unspecified atom stereocenters. The normalized spacial score (nSPS) is 19.4. The highest BCUT2D eigenvalue weighted by atomic mass is 16.2. The minimum absolute atomic E-state index is 0.0449. The second-order valence-electron chi connectivity index (χ2n) is 4.82.